The molecule has 0 radical (unpaired) electrons. The van der Waals surface area contributed by atoms with Crippen molar-refractivity contribution >= 4 is 24.3 Å². The second kappa shape index (κ2) is 9.08. The molecule has 3 aromatic rings. The summed E-state index contributed by atoms with van der Waals surface area (Å²) < 4.78 is 33.7. The molecule has 3 aromatic carbocycles. The van der Waals surface area contributed by atoms with E-state index >= 15 is 0 Å². The molecule has 0 saturated carbocycles. The van der Waals surface area contributed by atoms with E-state index in [9.17, 15) is 13.9 Å². The molecule has 4 rings (SSSR count). The van der Waals surface area contributed by atoms with E-state index in [0.717, 1.165) is 29.9 Å². The fourth-order valence-corrected chi connectivity index (χ4v) is 3.57. The van der Waals surface area contributed by atoms with Crippen molar-refractivity contribution < 1.29 is 18.5 Å². The molecule has 0 fully saturated rings. The second-order valence-electron chi connectivity index (χ2n) is 7.43. The Kier molecular flexibility index (Phi) is 6.07. The second-order valence-corrected chi connectivity index (χ2v) is 7.43. The number of rotatable bonds is 6. The average Bonchev–Trinajstić information content (AvgIpc) is 2.76. The highest BCUT2D eigenvalue weighted by Crippen LogP contribution is 2.37. The summed E-state index contributed by atoms with van der Waals surface area (Å²) in [5.74, 6) is -1.28. The Labute approximate surface area is 181 Å². The lowest BCUT2D eigenvalue weighted by atomic mass is 9.86. The summed E-state index contributed by atoms with van der Waals surface area (Å²) in [4.78, 5) is 2.04. The molecule has 1 aliphatic carbocycles. The quantitative estimate of drug-likeness (QED) is 0.545. The van der Waals surface area contributed by atoms with Gasteiger partial charge in [0, 0.05) is 22.9 Å². The van der Waals surface area contributed by atoms with Crippen molar-refractivity contribution in [1.29, 1.82) is 0 Å². The Morgan fingerprint density at radius 3 is 2.32 bits per heavy atom. The standard InChI is InChI=1S/C25H22BF2NO2/c1-17-14-21(27)25(22(28)15-17)26-31-24-13-12-20(16-23(24)30)29(18-8-4-2-5-9-18)19-10-6-3-7-11-19/h2,4-6,8-16,26,30H,3,7H2,1H3. The molecule has 0 aromatic heterocycles. The molecule has 0 heterocycles. The summed E-state index contributed by atoms with van der Waals surface area (Å²) in [5.41, 5.74) is 3.04. The van der Waals surface area contributed by atoms with Crippen LogP contribution in [-0.2, 0) is 0 Å². The van der Waals surface area contributed by atoms with Crippen molar-refractivity contribution in [2.45, 2.75) is 19.8 Å². The molecular weight excluding hydrogens is 395 g/mol. The zero-order valence-electron chi connectivity index (χ0n) is 17.2. The number of hydrogen-bond donors (Lipinski definition) is 1. The van der Waals surface area contributed by atoms with Crippen LogP contribution >= 0.6 is 0 Å². The number of allylic oxidation sites excluding steroid dienone is 3. The Morgan fingerprint density at radius 1 is 0.935 bits per heavy atom. The maximum atomic E-state index is 14.1. The van der Waals surface area contributed by atoms with Crippen molar-refractivity contribution in [3.05, 3.63) is 102 Å². The first-order valence-corrected chi connectivity index (χ1v) is 10.1. The summed E-state index contributed by atoms with van der Waals surface area (Å²) in [6.45, 7) is 1.62. The van der Waals surface area contributed by atoms with E-state index in [1.807, 2.05) is 41.3 Å². The number of nitrogens with zero attached hydrogens (tertiary/aromatic N) is 1. The summed E-state index contributed by atoms with van der Waals surface area (Å²) in [6, 6.07) is 17.4. The summed E-state index contributed by atoms with van der Waals surface area (Å²) in [7, 11) is -0.318. The lowest BCUT2D eigenvalue weighted by Gasteiger charge is -2.28. The summed E-state index contributed by atoms with van der Waals surface area (Å²) in [6.07, 6.45) is 8.26. The van der Waals surface area contributed by atoms with Crippen molar-refractivity contribution in [2.75, 3.05) is 4.90 Å². The van der Waals surface area contributed by atoms with Gasteiger partial charge < -0.3 is 14.7 Å². The minimum absolute atomic E-state index is 0.105. The maximum absolute atomic E-state index is 14.1. The number of phenols is 1. The van der Waals surface area contributed by atoms with Crippen LogP contribution in [0.25, 0.3) is 0 Å². The largest absolute Gasteiger partial charge is 0.556 e. The van der Waals surface area contributed by atoms with Gasteiger partial charge >= 0.3 is 7.48 Å². The van der Waals surface area contributed by atoms with Gasteiger partial charge in [0.2, 0.25) is 0 Å². The van der Waals surface area contributed by atoms with Crippen LogP contribution in [0.3, 0.4) is 0 Å². The first-order valence-electron chi connectivity index (χ1n) is 10.1. The minimum atomic E-state index is -0.667. The normalized spacial score (nSPS) is 12.9. The van der Waals surface area contributed by atoms with Crippen LogP contribution in [0, 0.1) is 18.6 Å². The SMILES string of the molecule is Cc1cc(F)c(BOc2ccc(N(C3=CCCC=C3)c3ccccc3)cc2O)c(F)c1. The number of para-hydroxylation sites is 1. The third-order valence-electron chi connectivity index (χ3n) is 5.11. The molecule has 0 amide bonds. The van der Waals surface area contributed by atoms with E-state index in [1.54, 1.807) is 19.1 Å². The highest BCUT2D eigenvalue weighted by molar-refractivity contribution is 6.48. The van der Waals surface area contributed by atoms with Gasteiger partial charge in [-0.1, -0.05) is 30.4 Å². The third kappa shape index (κ3) is 4.63. The molecule has 1 N–H and O–H groups in total. The molecule has 1 aliphatic rings. The Morgan fingerprint density at radius 2 is 1.68 bits per heavy atom. The monoisotopic (exact) mass is 417 g/mol. The predicted molar refractivity (Wildman–Crippen MR) is 122 cm³/mol. The summed E-state index contributed by atoms with van der Waals surface area (Å²) >= 11 is 0. The highest BCUT2D eigenvalue weighted by Gasteiger charge is 2.18. The number of benzene rings is 3. The minimum Gasteiger partial charge on any atom is -0.556 e. The molecule has 0 unspecified atom stereocenters. The average molecular weight is 417 g/mol. The van der Waals surface area contributed by atoms with Crippen LogP contribution in [-0.4, -0.2) is 12.6 Å². The molecule has 0 atom stereocenters. The number of aromatic hydroxyl groups is 1. The van der Waals surface area contributed by atoms with Crippen LogP contribution < -0.4 is 15.0 Å². The van der Waals surface area contributed by atoms with Gasteiger partial charge in [0.05, 0.1) is 5.69 Å². The first-order chi connectivity index (χ1) is 15.0. The molecule has 3 nitrogen and oxygen atoms in total. The van der Waals surface area contributed by atoms with Gasteiger partial charge in [-0.05, 0) is 67.8 Å². The number of hydrogen-bond acceptors (Lipinski definition) is 3. The van der Waals surface area contributed by atoms with E-state index in [4.69, 9.17) is 4.65 Å². The van der Waals surface area contributed by atoms with Crippen molar-refractivity contribution in [2.24, 2.45) is 0 Å². The van der Waals surface area contributed by atoms with Crippen molar-refractivity contribution in [1.82, 2.24) is 0 Å². The van der Waals surface area contributed by atoms with Crippen LogP contribution in [0.4, 0.5) is 20.2 Å². The molecule has 0 saturated heterocycles. The van der Waals surface area contributed by atoms with Crippen LogP contribution in [0.5, 0.6) is 11.5 Å². The van der Waals surface area contributed by atoms with Gasteiger partial charge in [-0.2, -0.15) is 0 Å². The zero-order valence-corrected chi connectivity index (χ0v) is 17.2. The molecular formula is C25H22BF2NO2. The number of phenolic OH excluding ortho intramolecular Hbond substituents is 1. The van der Waals surface area contributed by atoms with Crippen LogP contribution in [0.15, 0.2) is 84.6 Å². The van der Waals surface area contributed by atoms with E-state index in [2.05, 4.69) is 18.2 Å². The predicted octanol–water partition coefficient (Wildman–Crippen LogP) is 5.41. The number of anilines is 2. The molecule has 6 heteroatoms. The van der Waals surface area contributed by atoms with E-state index in [0.29, 0.717) is 5.56 Å². The van der Waals surface area contributed by atoms with E-state index in [-0.39, 0.29) is 24.4 Å². The lowest BCUT2D eigenvalue weighted by Crippen LogP contribution is -2.27. The zero-order chi connectivity index (χ0) is 21.8. The number of halogens is 2. The van der Waals surface area contributed by atoms with Crippen molar-refractivity contribution in [3.63, 3.8) is 0 Å². The van der Waals surface area contributed by atoms with Gasteiger partial charge in [-0.3, -0.25) is 0 Å². The molecule has 156 valence electrons. The Bertz CT molecular complexity index is 1120. The fourth-order valence-electron chi connectivity index (χ4n) is 3.57. The molecule has 0 bridgehead atoms. The van der Waals surface area contributed by atoms with E-state index < -0.39 is 11.6 Å². The van der Waals surface area contributed by atoms with Gasteiger partial charge in [-0.15, -0.1) is 0 Å². The highest BCUT2D eigenvalue weighted by atomic mass is 19.1. The smallest absolute Gasteiger partial charge is 0.379 e. The molecule has 0 spiro atoms. The van der Waals surface area contributed by atoms with E-state index in [1.165, 1.54) is 12.1 Å². The van der Waals surface area contributed by atoms with Gasteiger partial charge in [0.1, 0.15) is 17.4 Å². The van der Waals surface area contributed by atoms with Crippen molar-refractivity contribution in [3.8, 4) is 11.5 Å². The summed E-state index contributed by atoms with van der Waals surface area (Å²) in [5, 5.41) is 10.6. The Balaban J connectivity index is 1.61. The van der Waals surface area contributed by atoms with Crippen LogP contribution in [0.1, 0.15) is 18.4 Å². The first kappa shape index (κ1) is 20.7. The molecule has 0 aliphatic heterocycles. The van der Waals surface area contributed by atoms with Gasteiger partial charge in [0.25, 0.3) is 0 Å². The molecule has 31 heavy (non-hydrogen) atoms. The fraction of sp³-hybridized carbons (Fsp3) is 0.120. The van der Waals surface area contributed by atoms with Gasteiger partial charge in [0.15, 0.2) is 5.75 Å². The maximum Gasteiger partial charge on any atom is 0.379 e. The number of aryl methyl sites for hydroxylation is 1. The topological polar surface area (TPSA) is 32.7 Å². The van der Waals surface area contributed by atoms with Gasteiger partial charge in [-0.25, -0.2) is 8.78 Å². The third-order valence-corrected chi connectivity index (χ3v) is 5.11. The lowest BCUT2D eigenvalue weighted by molar-refractivity contribution is 0.444. The Hall–Kier alpha value is -3.54. The van der Waals surface area contributed by atoms with Crippen LogP contribution in [0.2, 0.25) is 0 Å².